The molecule has 2 aliphatic carbocycles. The second-order valence-corrected chi connectivity index (χ2v) is 6.39. The van der Waals surface area contributed by atoms with Crippen molar-refractivity contribution in [2.24, 2.45) is 0 Å². The first-order valence-electron chi connectivity index (χ1n) is 9.17. The molecule has 22 heavy (non-hydrogen) atoms. The predicted octanol–water partition coefficient (Wildman–Crippen LogP) is 5.00. The molecule has 2 nitrogen and oxygen atoms in total. The van der Waals surface area contributed by atoms with Crippen LogP contribution in [0.5, 0.6) is 0 Å². The summed E-state index contributed by atoms with van der Waals surface area (Å²) >= 11 is 0. The summed E-state index contributed by atoms with van der Waals surface area (Å²) < 4.78 is 10.7. The summed E-state index contributed by atoms with van der Waals surface area (Å²) in [5, 5.41) is 3.03. The summed E-state index contributed by atoms with van der Waals surface area (Å²) in [6, 6.07) is 6.77. The lowest BCUT2D eigenvalue weighted by Crippen LogP contribution is -2.28. The third-order valence-corrected chi connectivity index (χ3v) is 4.48. The first-order chi connectivity index (χ1) is 10.8. The second-order valence-electron chi connectivity index (χ2n) is 6.39. The van der Waals surface area contributed by atoms with Crippen molar-refractivity contribution in [3.8, 4) is 0 Å². The van der Waals surface area contributed by atoms with Crippen LogP contribution >= 0.6 is 0 Å². The lowest BCUT2D eigenvalue weighted by molar-refractivity contribution is -0.0911. The molecular formula is C20H32O2. The van der Waals surface area contributed by atoms with Crippen LogP contribution < -0.4 is 0 Å². The van der Waals surface area contributed by atoms with Crippen LogP contribution in [-0.2, 0) is 15.9 Å². The summed E-state index contributed by atoms with van der Waals surface area (Å²) in [6.07, 6.45) is 10.9. The molecular weight excluding hydrogens is 272 g/mol. The maximum Gasteiger partial charge on any atom is 0.0809 e. The van der Waals surface area contributed by atoms with Gasteiger partial charge in [-0.2, -0.15) is 0 Å². The quantitative estimate of drug-likeness (QED) is 0.639. The summed E-state index contributed by atoms with van der Waals surface area (Å²) in [7, 11) is 0. The Hall–Kier alpha value is -0.860. The Bertz CT molecular complexity index is 503. The van der Waals surface area contributed by atoms with Gasteiger partial charge in [0.15, 0.2) is 0 Å². The van der Waals surface area contributed by atoms with E-state index < -0.39 is 0 Å². The van der Waals surface area contributed by atoms with Crippen molar-refractivity contribution in [2.75, 3.05) is 19.8 Å². The van der Waals surface area contributed by atoms with Crippen molar-refractivity contribution in [1.29, 1.82) is 0 Å². The fourth-order valence-corrected chi connectivity index (χ4v) is 2.95. The molecule has 1 saturated heterocycles. The van der Waals surface area contributed by atoms with Gasteiger partial charge in [0.25, 0.3) is 0 Å². The molecule has 0 radical (unpaired) electrons. The van der Waals surface area contributed by atoms with Crippen LogP contribution in [0.4, 0.5) is 0 Å². The van der Waals surface area contributed by atoms with E-state index in [0.717, 1.165) is 26.2 Å². The van der Waals surface area contributed by atoms with Gasteiger partial charge in [-0.3, -0.25) is 0 Å². The standard InChI is InChI=1S/C12H16.C8H16O2/c1-2-3-4-5-6-10-9-11-7-8-12(10)11;1-2-3-4-8-7-9-5-6-10-8/h7-9H,2-6H2,1H3;8H,2-7H2,1H3. The minimum absolute atomic E-state index is 0.383. The number of unbranched alkanes of at least 4 members (excludes halogenated alkanes) is 4. The normalized spacial score (nSPS) is 18.5. The molecule has 1 aliphatic heterocycles. The van der Waals surface area contributed by atoms with Gasteiger partial charge in [-0.05, 0) is 35.3 Å². The molecule has 0 spiro atoms. The monoisotopic (exact) mass is 304 g/mol. The average Bonchev–Trinajstić information content (AvgIpc) is 2.55. The minimum atomic E-state index is 0.383. The molecule has 1 heterocycles. The maximum absolute atomic E-state index is 5.46. The van der Waals surface area contributed by atoms with Crippen LogP contribution in [0.1, 0.15) is 64.4 Å². The van der Waals surface area contributed by atoms with Crippen molar-refractivity contribution in [2.45, 2.75) is 71.3 Å². The summed E-state index contributed by atoms with van der Waals surface area (Å²) in [5.74, 6) is 0. The van der Waals surface area contributed by atoms with E-state index >= 15 is 0 Å². The van der Waals surface area contributed by atoms with E-state index in [2.05, 4.69) is 32.0 Å². The van der Waals surface area contributed by atoms with E-state index in [0.29, 0.717) is 6.10 Å². The number of benzene rings is 1. The van der Waals surface area contributed by atoms with Gasteiger partial charge in [0.05, 0.1) is 25.9 Å². The van der Waals surface area contributed by atoms with Gasteiger partial charge in [0.1, 0.15) is 0 Å². The lowest BCUT2D eigenvalue weighted by atomic mass is 9.95. The molecule has 0 aromatic carbocycles. The smallest absolute Gasteiger partial charge is 0.0809 e. The SMILES string of the molecule is CCCCC1COCCO1.CCCCCCc1cc2ccc1=2. The zero-order valence-corrected chi connectivity index (χ0v) is 14.4. The molecule has 124 valence electrons. The molecule has 0 saturated carbocycles. The topological polar surface area (TPSA) is 18.5 Å². The van der Waals surface area contributed by atoms with E-state index in [-0.39, 0.29) is 0 Å². The van der Waals surface area contributed by atoms with E-state index in [4.69, 9.17) is 9.47 Å². The van der Waals surface area contributed by atoms with E-state index in [9.17, 15) is 0 Å². The third-order valence-electron chi connectivity index (χ3n) is 4.48. The first-order valence-corrected chi connectivity index (χ1v) is 9.17. The van der Waals surface area contributed by atoms with Crippen LogP contribution in [0.2, 0.25) is 0 Å². The number of rotatable bonds is 8. The number of hydrogen-bond acceptors (Lipinski definition) is 2. The molecule has 0 N–H and O–H groups in total. The van der Waals surface area contributed by atoms with Gasteiger partial charge in [-0.15, -0.1) is 0 Å². The lowest BCUT2D eigenvalue weighted by Gasteiger charge is -2.22. The predicted molar refractivity (Wildman–Crippen MR) is 92.0 cm³/mol. The van der Waals surface area contributed by atoms with Crippen LogP contribution in [0.3, 0.4) is 0 Å². The molecule has 2 heteroatoms. The minimum Gasteiger partial charge on any atom is -0.376 e. The molecule has 1 fully saturated rings. The van der Waals surface area contributed by atoms with Crippen LogP contribution in [0, 0.1) is 10.4 Å². The fourth-order valence-electron chi connectivity index (χ4n) is 2.95. The van der Waals surface area contributed by atoms with Crippen LogP contribution in [0.15, 0.2) is 18.2 Å². The highest BCUT2D eigenvalue weighted by molar-refractivity contribution is 5.33. The van der Waals surface area contributed by atoms with Crippen molar-refractivity contribution >= 4 is 0 Å². The summed E-state index contributed by atoms with van der Waals surface area (Å²) in [6.45, 7) is 6.83. The third kappa shape index (κ3) is 5.40. The molecule has 3 rings (SSSR count). The van der Waals surface area contributed by atoms with Crippen LogP contribution in [0.25, 0.3) is 0 Å². The Kier molecular flexibility index (Phi) is 7.96. The zero-order chi connectivity index (χ0) is 15.6. The van der Waals surface area contributed by atoms with Gasteiger partial charge in [-0.25, -0.2) is 0 Å². The van der Waals surface area contributed by atoms with E-state index in [1.165, 1.54) is 50.2 Å². The molecule has 1 atom stereocenters. The van der Waals surface area contributed by atoms with Crippen molar-refractivity contribution in [1.82, 2.24) is 0 Å². The van der Waals surface area contributed by atoms with Crippen molar-refractivity contribution in [3.05, 3.63) is 34.2 Å². The summed E-state index contributed by atoms with van der Waals surface area (Å²) in [4.78, 5) is 0. The highest BCUT2D eigenvalue weighted by atomic mass is 16.6. The van der Waals surface area contributed by atoms with E-state index in [1.54, 1.807) is 10.8 Å². The first kappa shape index (κ1) is 17.5. The number of hydrogen-bond donors (Lipinski definition) is 0. The largest absolute Gasteiger partial charge is 0.376 e. The Morgan fingerprint density at radius 2 is 1.86 bits per heavy atom. The average molecular weight is 304 g/mol. The highest BCUT2D eigenvalue weighted by Gasteiger charge is 2.12. The zero-order valence-electron chi connectivity index (χ0n) is 14.4. The fraction of sp³-hybridized carbons (Fsp3) is 0.700. The van der Waals surface area contributed by atoms with Gasteiger partial charge >= 0.3 is 0 Å². The van der Waals surface area contributed by atoms with Gasteiger partial charge < -0.3 is 9.47 Å². The molecule has 0 aromatic rings. The Labute approximate surface area is 135 Å². The number of ether oxygens (including phenoxy) is 2. The molecule has 0 aromatic heterocycles. The van der Waals surface area contributed by atoms with Gasteiger partial charge in [0.2, 0.25) is 0 Å². The van der Waals surface area contributed by atoms with Crippen molar-refractivity contribution < 1.29 is 9.47 Å². The Morgan fingerprint density at radius 1 is 1.00 bits per heavy atom. The molecule has 0 bridgehead atoms. The molecule has 1 unspecified atom stereocenters. The van der Waals surface area contributed by atoms with Crippen molar-refractivity contribution in [3.63, 3.8) is 0 Å². The number of aryl methyl sites for hydroxylation is 1. The Morgan fingerprint density at radius 3 is 2.41 bits per heavy atom. The maximum atomic E-state index is 5.46. The second kappa shape index (κ2) is 10.0. The Balaban J connectivity index is 0.000000164. The van der Waals surface area contributed by atoms with Crippen LogP contribution in [-0.4, -0.2) is 25.9 Å². The van der Waals surface area contributed by atoms with Gasteiger partial charge in [0, 0.05) is 0 Å². The summed E-state index contributed by atoms with van der Waals surface area (Å²) in [5.41, 5.74) is 1.60. The van der Waals surface area contributed by atoms with Gasteiger partial charge in [-0.1, -0.05) is 64.2 Å². The van der Waals surface area contributed by atoms with E-state index in [1.807, 2.05) is 0 Å². The molecule has 0 amide bonds. The molecule has 3 aliphatic rings. The highest BCUT2D eigenvalue weighted by Crippen LogP contribution is 2.18.